The van der Waals surface area contributed by atoms with Gasteiger partial charge < -0.3 is 19.5 Å². The second-order valence-corrected chi connectivity index (χ2v) is 8.04. The lowest BCUT2D eigenvalue weighted by Gasteiger charge is -2.37. The first kappa shape index (κ1) is 18.2. The minimum atomic E-state index is -0.918. The maximum atomic E-state index is 12.8. The van der Waals surface area contributed by atoms with Crippen molar-refractivity contribution in [2.24, 2.45) is 11.8 Å². The van der Waals surface area contributed by atoms with Crippen LogP contribution < -0.4 is 0 Å². The van der Waals surface area contributed by atoms with Crippen molar-refractivity contribution < 1.29 is 24.2 Å². The summed E-state index contributed by atoms with van der Waals surface area (Å²) in [5.74, 6) is -1.56. The maximum absolute atomic E-state index is 12.8. The van der Waals surface area contributed by atoms with E-state index in [1.54, 1.807) is 4.90 Å². The number of benzene rings is 2. The molecule has 1 amide bonds. The number of rotatable bonds is 3. The average molecular weight is 393 g/mol. The van der Waals surface area contributed by atoms with Crippen LogP contribution in [-0.4, -0.2) is 54.5 Å². The number of carboxylic acids is 1. The lowest BCUT2D eigenvalue weighted by atomic mass is 9.86. The Morgan fingerprint density at radius 3 is 2.34 bits per heavy atom. The third-order valence-electron chi connectivity index (χ3n) is 6.44. The Morgan fingerprint density at radius 1 is 1.03 bits per heavy atom. The number of ether oxygens (including phenoxy) is 2. The van der Waals surface area contributed by atoms with E-state index < -0.39 is 18.0 Å². The fraction of sp³-hybridized carbons (Fsp3) is 0.391. The van der Waals surface area contributed by atoms with E-state index in [4.69, 9.17) is 9.47 Å². The highest BCUT2D eigenvalue weighted by molar-refractivity contribution is 5.79. The standard InChI is InChI=1S/C23H23NO5/c25-22(26)19-12-24(11-14-9-10-28-21(14)19)23(27)29-13-20-17-7-3-1-5-15(17)16-6-2-4-8-18(16)20/h1-8,14,19-21H,9-13H2,(H,25,26)/t14-,19+,21-/m0/s1. The topological polar surface area (TPSA) is 76.1 Å². The highest BCUT2D eigenvalue weighted by atomic mass is 16.6. The van der Waals surface area contributed by atoms with E-state index in [-0.39, 0.29) is 31.1 Å². The quantitative estimate of drug-likeness (QED) is 0.865. The minimum Gasteiger partial charge on any atom is -0.481 e. The minimum absolute atomic E-state index is 0.00558. The van der Waals surface area contributed by atoms with E-state index in [0.29, 0.717) is 13.2 Å². The second-order valence-electron chi connectivity index (χ2n) is 8.04. The molecule has 0 saturated carbocycles. The van der Waals surface area contributed by atoms with Gasteiger partial charge in [-0.1, -0.05) is 48.5 Å². The molecule has 2 aromatic rings. The number of piperidine rings is 1. The normalized spacial score (nSPS) is 25.2. The molecule has 0 radical (unpaired) electrons. The predicted octanol–water partition coefficient (Wildman–Crippen LogP) is 3.36. The largest absolute Gasteiger partial charge is 0.481 e. The SMILES string of the molecule is O=C(O)[C@@H]1CN(C(=O)OCC2c3ccccc3-c3ccccc32)C[C@@H]2CCO[C@@H]21. The first-order valence-corrected chi connectivity index (χ1v) is 10.1. The highest BCUT2D eigenvalue weighted by Crippen LogP contribution is 2.44. The van der Waals surface area contributed by atoms with Crippen molar-refractivity contribution in [3.63, 3.8) is 0 Å². The fourth-order valence-electron chi connectivity index (χ4n) is 5.05. The summed E-state index contributed by atoms with van der Waals surface area (Å²) in [6.07, 6.45) is 0.0373. The molecule has 1 N–H and O–H groups in total. The third kappa shape index (κ3) is 3.08. The van der Waals surface area contributed by atoms with Crippen molar-refractivity contribution in [2.75, 3.05) is 26.3 Å². The summed E-state index contributed by atoms with van der Waals surface area (Å²) in [6, 6.07) is 16.4. The molecule has 6 nitrogen and oxygen atoms in total. The molecule has 2 saturated heterocycles. The van der Waals surface area contributed by atoms with E-state index in [0.717, 1.165) is 17.5 Å². The molecule has 0 spiro atoms. The third-order valence-corrected chi connectivity index (χ3v) is 6.44. The lowest BCUT2D eigenvalue weighted by molar-refractivity contribution is -0.150. The van der Waals surface area contributed by atoms with Crippen molar-refractivity contribution in [3.8, 4) is 11.1 Å². The summed E-state index contributed by atoms with van der Waals surface area (Å²) in [6.45, 7) is 1.42. The monoisotopic (exact) mass is 393 g/mol. The number of amides is 1. The van der Waals surface area contributed by atoms with Gasteiger partial charge in [0.1, 0.15) is 12.5 Å². The van der Waals surface area contributed by atoms with Crippen LogP contribution in [0.4, 0.5) is 4.79 Å². The van der Waals surface area contributed by atoms with Crippen molar-refractivity contribution in [1.29, 1.82) is 0 Å². The van der Waals surface area contributed by atoms with Crippen LogP contribution in [0.5, 0.6) is 0 Å². The summed E-state index contributed by atoms with van der Waals surface area (Å²) in [5.41, 5.74) is 4.68. The first-order valence-electron chi connectivity index (χ1n) is 10.1. The molecule has 1 aliphatic carbocycles. The van der Waals surface area contributed by atoms with Gasteiger partial charge in [0.25, 0.3) is 0 Å². The van der Waals surface area contributed by atoms with Gasteiger partial charge in [-0.2, -0.15) is 0 Å². The number of fused-ring (bicyclic) bond motifs is 4. The van der Waals surface area contributed by atoms with E-state index in [1.807, 2.05) is 24.3 Å². The number of likely N-dealkylation sites (tertiary alicyclic amines) is 1. The number of nitrogens with zero attached hydrogens (tertiary/aromatic N) is 1. The first-order chi connectivity index (χ1) is 14.1. The molecule has 2 aromatic carbocycles. The summed E-state index contributed by atoms with van der Waals surface area (Å²) in [7, 11) is 0. The van der Waals surface area contributed by atoms with Crippen LogP contribution in [0.1, 0.15) is 23.5 Å². The zero-order chi connectivity index (χ0) is 20.0. The van der Waals surface area contributed by atoms with Gasteiger partial charge in [0.2, 0.25) is 0 Å². The number of hydrogen-bond donors (Lipinski definition) is 1. The number of carbonyl (C=O) groups is 2. The summed E-state index contributed by atoms with van der Waals surface area (Å²) < 4.78 is 11.3. The van der Waals surface area contributed by atoms with Gasteiger partial charge in [0, 0.05) is 31.5 Å². The van der Waals surface area contributed by atoms with Crippen LogP contribution in [0.25, 0.3) is 11.1 Å². The van der Waals surface area contributed by atoms with Crippen LogP contribution in [0.3, 0.4) is 0 Å². The Kier molecular flexibility index (Phi) is 4.51. The van der Waals surface area contributed by atoms with Gasteiger partial charge in [-0.05, 0) is 28.7 Å². The van der Waals surface area contributed by atoms with Gasteiger partial charge >= 0.3 is 12.1 Å². The molecule has 2 fully saturated rings. The number of aliphatic carboxylic acids is 1. The van der Waals surface area contributed by atoms with Gasteiger partial charge in [0.05, 0.1) is 6.10 Å². The van der Waals surface area contributed by atoms with Crippen molar-refractivity contribution in [3.05, 3.63) is 59.7 Å². The Labute approximate surface area is 169 Å². The van der Waals surface area contributed by atoms with E-state index >= 15 is 0 Å². The molecule has 29 heavy (non-hydrogen) atoms. The molecule has 3 aliphatic rings. The van der Waals surface area contributed by atoms with Crippen LogP contribution in [-0.2, 0) is 14.3 Å². The van der Waals surface area contributed by atoms with Crippen LogP contribution >= 0.6 is 0 Å². The molecule has 0 aromatic heterocycles. The van der Waals surface area contributed by atoms with Crippen LogP contribution in [0, 0.1) is 11.8 Å². The summed E-state index contributed by atoms with van der Waals surface area (Å²) >= 11 is 0. The molecule has 2 heterocycles. The summed E-state index contributed by atoms with van der Waals surface area (Å²) in [5, 5.41) is 9.55. The molecule has 2 aliphatic heterocycles. The van der Waals surface area contributed by atoms with Crippen molar-refractivity contribution >= 4 is 12.1 Å². The molecule has 150 valence electrons. The highest BCUT2D eigenvalue weighted by Gasteiger charge is 2.46. The molecule has 3 atom stereocenters. The van der Waals surface area contributed by atoms with Gasteiger partial charge in [-0.15, -0.1) is 0 Å². The molecule has 0 bridgehead atoms. The van der Waals surface area contributed by atoms with E-state index in [9.17, 15) is 14.7 Å². The number of hydrogen-bond acceptors (Lipinski definition) is 4. The zero-order valence-corrected chi connectivity index (χ0v) is 16.0. The Balaban J connectivity index is 1.32. The summed E-state index contributed by atoms with van der Waals surface area (Å²) in [4.78, 5) is 26.0. The van der Waals surface area contributed by atoms with Gasteiger partial charge in [-0.3, -0.25) is 4.79 Å². The maximum Gasteiger partial charge on any atom is 0.409 e. The van der Waals surface area contributed by atoms with Crippen molar-refractivity contribution in [2.45, 2.75) is 18.4 Å². The molecule has 5 rings (SSSR count). The van der Waals surface area contributed by atoms with Crippen molar-refractivity contribution in [1.82, 2.24) is 4.90 Å². The smallest absolute Gasteiger partial charge is 0.409 e. The predicted molar refractivity (Wildman–Crippen MR) is 106 cm³/mol. The number of carbonyl (C=O) groups excluding carboxylic acids is 1. The van der Waals surface area contributed by atoms with Gasteiger partial charge in [0.15, 0.2) is 0 Å². The molecular formula is C23H23NO5. The number of carboxylic acid groups (broad SMARTS) is 1. The average Bonchev–Trinajstić information content (AvgIpc) is 3.34. The molecular weight excluding hydrogens is 370 g/mol. The lowest BCUT2D eigenvalue weighted by Crippen LogP contribution is -2.52. The molecule has 6 heteroatoms. The van der Waals surface area contributed by atoms with Crippen LogP contribution in [0.2, 0.25) is 0 Å². The Hall–Kier alpha value is -2.86. The zero-order valence-electron chi connectivity index (χ0n) is 16.0. The Bertz CT molecular complexity index is 912. The van der Waals surface area contributed by atoms with Gasteiger partial charge in [-0.25, -0.2) is 4.79 Å². The second kappa shape index (κ2) is 7.19. The Morgan fingerprint density at radius 2 is 1.69 bits per heavy atom. The van der Waals surface area contributed by atoms with Crippen LogP contribution in [0.15, 0.2) is 48.5 Å². The molecule has 0 unspecified atom stereocenters. The van der Waals surface area contributed by atoms with E-state index in [1.165, 1.54) is 11.1 Å². The fourth-order valence-corrected chi connectivity index (χ4v) is 5.05. The van der Waals surface area contributed by atoms with E-state index in [2.05, 4.69) is 24.3 Å².